The molecule has 0 radical (unpaired) electrons. The van der Waals surface area contributed by atoms with E-state index >= 15 is 0 Å². The maximum atomic E-state index is 12.0. The van der Waals surface area contributed by atoms with Gasteiger partial charge in [0, 0.05) is 6.54 Å². The third-order valence-corrected chi connectivity index (χ3v) is 6.84. The van der Waals surface area contributed by atoms with Crippen LogP contribution in [-0.4, -0.2) is 176 Å². The maximum absolute atomic E-state index is 12.0. The van der Waals surface area contributed by atoms with Crippen molar-refractivity contribution in [1.29, 1.82) is 0 Å². The second-order valence-electron chi connectivity index (χ2n) is 12.6. The summed E-state index contributed by atoms with van der Waals surface area (Å²) in [4.78, 5) is 23.5. The number of ether oxygens (including phenoxy) is 13. The molecule has 16 nitrogen and oxygen atoms in total. The SMILES string of the molecule is CCCCC(CC)C(=O)OCCOCCOCCOCCOCCOCCOCCOCCOCCOCCOCCOCCNC(=O)OC(C)(C)C. The first-order chi connectivity index (χ1) is 25.8. The average Bonchev–Trinajstić information content (AvgIpc) is 3.12. The summed E-state index contributed by atoms with van der Waals surface area (Å²) >= 11 is 0. The summed E-state index contributed by atoms with van der Waals surface area (Å²) in [5.74, 6) is -0.133. The van der Waals surface area contributed by atoms with E-state index in [1.165, 1.54) is 0 Å². The fourth-order valence-corrected chi connectivity index (χ4v) is 4.10. The van der Waals surface area contributed by atoms with Gasteiger partial charge in [-0.05, 0) is 33.6 Å². The molecule has 53 heavy (non-hydrogen) atoms. The van der Waals surface area contributed by atoms with Gasteiger partial charge in [0.15, 0.2) is 0 Å². The van der Waals surface area contributed by atoms with Gasteiger partial charge in [0.2, 0.25) is 0 Å². The summed E-state index contributed by atoms with van der Waals surface area (Å²) in [6, 6.07) is 0. The van der Waals surface area contributed by atoms with Crippen LogP contribution in [0.4, 0.5) is 4.79 Å². The largest absolute Gasteiger partial charge is 0.463 e. The molecule has 316 valence electrons. The highest BCUT2D eigenvalue weighted by atomic mass is 16.6. The number of unbranched alkanes of at least 4 members (excludes halogenated alkanes) is 1. The molecule has 0 spiro atoms. The first-order valence-electron chi connectivity index (χ1n) is 19.3. The molecule has 0 aliphatic carbocycles. The highest BCUT2D eigenvalue weighted by Crippen LogP contribution is 2.14. The first kappa shape index (κ1) is 51.3. The normalized spacial score (nSPS) is 12.2. The van der Waals surface area contributed by atoms with Crippen LogP contribution in [0.25, 0.3) is 0 Å². The van der Waals surface area contributed by atoms with Gasteiger partial charge in [-0.15, -0.1) is 0 Å². The molecule has 0 bridgehead atoms. The summed E-state index contributed by atoms with van der Waals surface area (Å²) in [6.07, 6.45) is 3.36. The Labute approximate surface area is 318 Å². The van der Waals surface area contributed by atoms with Crippen LogP contribution < -0.4 is 5.32 Å². The summed E-state index contributed by atoms with van der Waals surface area (Å²) in [6.45, 7) is 20.5. The third kappa shape index (κ3) is 41.3. The third-order valence-electron chi connectivity index (χ3n) is 6.84. The Hall–Kier alpha value is -1.70. The molecule has 0 aromatic heterocycles. The van der Waals surface area contributed by atoms with E-state index in [1.807, 2.05) is 27.7 Å². The molecule has 0 heterocycles. The number of hydrogen-bond donors (Lipinski definition) is 1. The predicted molar refractivity (Wildman–Crippen MR) is 198 cm³/mol. The van der Waals surface area contributed by atoms with Gasteiger partial charge in [0.1, 0.15) is 12.2 Å². The monoisotopic (exact) mass is 771 g/mol. The molecule has 0 aromatic carbocycles. The number of alkyl carbamates (subject to hydrolysis) is 1. The second kappa shape index (κ2) is 40.0. The zero-order valence-electron chi connectivity index (χ0n) is 33.5. The van der Waals surface area contributed by atoms with E-state index in [1.54, 1.807) is 0 Å². The number of nitrogens with one attached hydrogen (secondary N) is 1. The fraction of sp³-hybridized carbons (Fsp3) is 0.946. The Bertz CT molecular complexity index is 788. The number of rotatable bonds is 41. The van der Waals surface area contributed by atoms with Crippen molar-refractivity contribution in [3.8, 4) is 0 Å². The Morgan fingerprint density at radius 3 is 1.06 bits per heavy atom. The van der Waals surface area contributed by atoms with Crippen molar-refractivity contribution < 1.29 is 71.2 Å². The van der Waals surface area contributed by atoms with Gasteiger partial charge in [-0.25, -0.2) is 4.79 Å². The lowest BCUT2D eigenvalue weighted by molar-refractivity contribution is -0.150. The van der Waals surface area contributed by atoms with Gasteiger partial charge < -0.3 is 66.9 Å². The van der Waals surface area contributed by atoms with Gasteiger partial charge in [0.25, 0.3) is 0 Å². The van der Waals surface area contributed by atoms with E-state index in [4.69, 9.17) is 61.6 Å². The Balaban J connectivity index is 3.17. The Kier molecular flexibility index (Phi) is 38.7. The lowest BCUT2D eigenvalue weighted by atomic mass is 10.00. The van der Waals surface area contributed by atoms with Crippen LogP contribution in [0, 0.1) is 5.92 Å². The predicted octanol–water partition coefficient (Wildman–Crippen LogP) is 3.45. The molecule has 0 aliphatic rings. The first-order valence-corrected chi connectivity index (χ1v) is 19.3. The molecule has 0 rings (SSSR count). The van der Waals surface area contributed by atoms with Crippen LogP contribution in [0.1, 0.15) is 60.3 Å². The van der Waals surface area contributed by atoms with Crippen LogP contribution >= 0.6 is 0 Å². The van der Waals surface area contributed by atoms with E-state index in [-0.39, 0.29) is 18.5 Å². The summed E-state index contributed by atoms with van der Waals surface area (Å²) in [5, 5.41) is 2.63. The molecule has 0 aliphatic heterocycles. The van der Waals surface area contributed by atoms with Crippen molar-refractivity contribution in [3.63, 3.8) is 0 Å². The molecule has 0 saturated heterocycles. The quantitative estimate of drug-likeness (QED) is 0.0709. The molecule has 1 N–H and O–H groups in total. The number of hydrogen-bond acceptors (Lipinski definition) is 15. The van der Waals surface area contributed by atoms with E-state index in [0.717, 1.165) is 25.7 Å². The van der Waals surface area contributed by atoms with Gasteiger partial charge >= 0.3 is 12.1 Å². The van der Waals surface area contributed by atoms with Gasteiger partial charge in [-0.1, -0.05) is 26.7 Å². The van der Waals surface area contributed by atoms with Crippen molar-refractivity contribution in [2.45, 2.75) is 65.9 Å². The molecule has 0 aromatic rings. The molecule has 0 saturated carbocycles. The number of amides is 1. The summed E-state index contributed by atoms with van der Waals surface area (Å²) < 4.78 is 70.5. The Morgan fingerprint density at radius 2 is 0.774 bits per heavy atom. The lowest BCUT2D eigenvalue weighted by Gasteiger charge is -2.19. The van der Waals surface area contributed by atoms with Crippen LogP contribution in [0.3, 0.4) is 0 Å². The minimum absolute atomic E-state index is 0.00857. The lowest BCUT2D eigenvalue weighted by Crippen LogP contribution is -2.34. The van der Waals surface area contributed by atoms with Crippen LogP contribution in [0.15, 0.2) is 0 Å². The van der Waals surface area contributed by atoms with Crippen molar-refractivity contribution in [3.05, 3.63) is 0 Å². The number of carbonyl (C=O) groups is 2. The zero-order valence-corrected chi connectivity index (χ0v) is 33.5. The summed E-state index contributed by atoms with van der Waals surface area (Å²) in [7, 11) is 0. The minimum Gasteiger partial charge on any atom is -0.463 e. The van der Waals surface area contributed by atoms with Crippen molar-refractivity contribution >= 4 is 12.1 Å². The maximum Gasteiger partial charge on any atom is 0.407 e. The molecule has 0 fully saturated rings. The van der Waals surface area contributed by atoms with E-state index in [2.05, 4.69) is 12.2 Å². The molecule has 1 unspecified atom stereocenters. The van der Waals surface area contributed by atoms with Crippen molar-refractivity contribution in [1.82, 2.24) is 5.32 Å². The topological polar surface area (TPSA) is 166 Å². The number of carbonyl (C=O) groups excluding carboxylic acids is 2. The van der Waals surface area contributed by atoms with E-state index < -0.39 is 11.7 Å². The standard InChI is InChI=1S/C37H73NO15/c1-6-8-9-34(7-2)35(39)52-33-32-51-31-30-50-29-28-49-27-26-48-25-24-47-23-22-46-21-20-45-19-18-44-17-16-43-15-14-42-13-12-41-11-10-38-36(40)53-37(3,4)5/h34H,6-33H2,1-5H3,(H,38,40). The highest BCUT2D eigenvalue weighted by molar-refractivity contribution is 5.72. The van der Waals surface area contributed by atoms with Gasteiger partial charge in [-0.2, -0.15) is 0 Å². The fourth-order valence-electron chi connectivity index (χ4n) is 4.10. The van der Waals surface area contributed by atoms with Crippen LogP contribution in [0.5, 0.6) is 0 Å². The van der Waals surface area contributed by atoms with Gasteiger partial charge in [-0.3, -0.25) is 4.79 Å². The average molecular weight is 772 g/mol. The molecular formula is C37H73NO15. The smallest absolute Gasteiger partial charge is 0.407 e. The van der Waals surface area contributed by atoms with E-state index in [0.29, 0.717) is 152 Å². The molecule has 1 atom stereocenters. The van der Waals surface area contributed by atoms with Crippen molar-refractivity contribution in [2.24, 2.45) is 5.92 Å². The van der Waals surface area contributed by atoms with Crippen LogP contribution in [-0.2, 0) is 66.4 Å². The van der Waals surface area contributed by atoms with Crippen molar-refractivity contribution in [2.75, 3.05) is 159 Å². The van der Waals surface area contributed by atoms with Crippen LogP contribution in [0.2, 0.25) is 0 Å². The molecular weight excluding hydrogens is 698 g/mol. The Morgan fingerprint density at radius 1 is 0.472 bits per heavy atom. The molecule has 1 amide bonds. The molecule has 16 heteroatoms. The van der Waals surface area contributed by atoms with E-state index in [9.17, 15) is 9.59 Å². The highest BCUT2D eigenvalue weighted by Gasteiger charge is 2.17. The summed E-state index contributed by atoms with van der Waals surface area (Å²) in [5.41, 5.74) is -0.515. The minimum atomic E-state index is -0.515. The zero-order chi connectivity index (χ0) is 38.9. The van der Waals surface area contributed by atoms with Gasteiger partial charge in [0.05, 0.1) is 151 Å². The second-order valence-corrected chi connectivity index (χ2v) is 12.6. The number of esters is 1.